The Bertz CT molecular complexity index is 2360. The number of aliphatic hydroxyl groups is 7. The Hall–Kier alpha value is -5.44. The number of carbonyl (C=O) groups excluding carboxylic acids is 3. The van der Waals surface area contributed by atoms with Crippen molar-refractivity contribution in [2.24, 2.45) is 0 Å². The third-order valence-electron chi connectivity index (χ3n) is 11.3. The lowest BCUT2D eigenvalue weighted by Gasteiger charge is -2.46. The van der Waals surface area contributed by atoms with Gasteiger partial charge in [0.1, 0.15) is 89.8 Å². The SMILES string of the molecule is COc1ccc(-c2oc3c(CC=C(C)C)c(OC4OC(CO)C(O)C(O)C4O)cc(O)c3c(=O)c2OC2OC(C)C(OC(C)=O)C(OC3OC(COC(C)=O)C(O)C(O)C3OC(C)=O)C2O)cc1. The number of methoxy groups -OCH3 is 1. The maximum atomic E-state index is 14.9. The third kappa shape index (κ3) is 11.2. The molecule has 374 valence electrons. The molecule has 0 amide bonds. The highest BCUT2D eigenvalue weighted by Crippen LogP contribution is 2.42. The first-order valence-electron chi connectivity index (χ1n) is 21.4. The minimum absolute atomic E-state index is 0.0272. The Kier molecular flexibility index (Phi) is 16.7. The summed E-state index contributed by atoms with van der Waals surface area (Å²) in [4.78, 5) is 51.2. The van der Waals surface area contributed by atoms with Crippen LogP contribution in [0.4, 0.5) is 0 Å². The molecule has 6 rings (SSSR count). The van der Waals surface area contributed by atoms with Crippen molar-refractivity contribution in [3.63, 3.8) is 0 Å². The van der Waals surface area contributed by atoms with Crippen LogP contribution in [0.5, 0.6) is 23.0 Å². The molecule has 3 aliphatic rings. The van der Waals surface area contributed by atoms with Gasteiger partial charge in [0, 0.05) is 38.0 Å². The van der Waals surface area contributed by atoms with Crippen LogP contribution >= 0.6 is 0 Å². The highest BCUT2D eigenvalue weighted by atomic mass is 16.8. The van der Waals surface area contributed by atoms with Gasteiger partial charge in [0.05, 0.1) is 19.8 Å². The fraction of sp³-hybridized carbons (Fsp3) is 0.556. The van der Waals surface area contributed by atoms with Gasteiger partial charge in [-0.05, 0) is 51.5 Å². The molecule has 15 atom stereocenters. The van der Waals surface area contributed by atoms with Gasteiger partial charge in [-0.3, -0.25) is 19.2 Å². The zero-order chi connectivity index (χ0) is 49.9. The number of benzene rings is 2. The van der Waals surface area contributed by atoms with E-state index in [1.807, 2.05) is 0 Å². The predicted octanol–water partition coefficient (Wildman–Crippen LogP) is -0.395. The van der Waals surface area contributed by atoms with Crippen molar-refractivity contribution in [2.75, 3.05) is 20.3 Å². The topological polar surface area (TPSA) is 336 Å². The third-order valence-corrected chi connectivity index (χ3v) is 11.3. The Labute approximate surface area is 387 Å². The molecule has 3 aliphatic heterocycles. The highest BCUT2D eigenvalue weighted by Gasteiger charge is 2.54. The maximum Gasteiger partial charge on any atom is 0.303 e. The number of esters is 3. The molecular formula is C45H56O23. The number of aliphatic hydroxyl groups excluding tert-OH is 7. The van der Waals surface area contributed by atoms with E-state index >= 15 is 0 Å². The number of aromatic hydroxyl groups is 1. The lowest BCUT2D eigenvalue weighted by molar-refractivity contribution is -0.351. The minimum Gasteiger partial charge on any atom is -0.507 e. The average molecular weight is 965 g/mol. The summed E-state index contributed by atoms with van der Waals surface area (Å²) in [7, 11) is 1.43. The van der Waals surface area contributed by atoms with Crippen LogP contribution in [-0.2, 0) is 54.0 Å². The van der Waals surface area contributed by atoms with Crippen LogP contribution in [0, 0.1) is 0 Å². The summed E-state index contributed by atoms with van der Waals surface area (Å²) in [5, 5.41) is 86.6. The molecule has 15 unspecified atom stereocenters. The largest absolute Gasteiger partial charge is 0.507 e. The molecule has 2 aromatic carbocycles. The number of ether oxygens (including phenoxy) is 10. The van der Waals surface area contributed by atoms with Crippen molar-refractivity contribution < 1.29 is 107 Å². The fourth-order valence-corrected chi connectivity index (χ4v) is 7.83. The molecule has 0 bridgehead atoms. The molecule has 4 heterocycles. The van der Waals surface area contributed by atoms with Crippen LogP contribution in [-0.4, -0.2) is 171 Å². The standard InChI is InChI=1S/C45H56O23/c1-17(2)8-13-24-26(63-43-35(56)33(54)30(51)27(15-46)64-43)14-25(50)29-32(53)40(38(66-39(24)29)22-9-11-23(58-7)12-10-22)67-44-36(57)41(37(18(3)60-44)61-20(5)48)68-45-42(62-21(6)49)34(55)31(52)28(65-45)16-59-19(4)47/h8-12,14,18,27-28,30-31,33-37,41-46,50-52,54-57H,13,15-16H2,1-7H3. The first-order chi connectivity index (χ1) is 32.1. The Balaban J connectivity index is 1.47. The number of hydrogen-bond donors (Lipinski definition) is 8. The van der Waals surface area contributed by atoms with Gasteiger partial charge in [-0.25, -0.2) is 0 Å². The van der Waals surface area contributed by atoms with E-state index in [1.165, 1.54) is 38.3 Å². The van der Waals surface area contributed by atoms with E-state index in [9.17, 15) is 60.0 Å². The summed E-state index contributed by atoms with van der Waals surface area (Å²) < 4.78 is 63.4. The summed E-state index contributed by atoms with van der Waals surface area (Å²) in [6, 6.07) is 7.11. The maximum absolute atomic E-state index is 14.9. The Morgan fingerprint density at radius 1 is 0.721 bits per heavy atom. The van der Waals surface area contributed by atoms with Gasteiger partial charge in [-0.1, -0.05) is 11.6 Å². The molecule has 1 aromatic heterocycles. The number of fused-ring (bicyclic) bond motifs is 1. The zero-order valence-electron chi connectivity index (χ0n) is 37.9. The molecule has 3 fully saturated rings. The van der Waals surface area contributed by atoms with Crippen LogP contribution in [0.25, 0.3) is 22.3 Å². The molecule has 0 spiro atoms. The van der Waals surface area contributed by atoms with E-state index in [2.05, 4.69) is 0 Å². The molecule has 0 aliphatic carbocycles. The lowest BCUT2D eigenvalue weighted by Crippen LogP contribution is -2.65. The van der Waals surface area contributed by atoms with E-state index < -0.39 is 146 Å². The van der Waals surface area contributed by atoms with Crippen LogP contribution in [0.1, 0.15) is 47.1 Å². The first-order valence-corrected chi connectivity index (χ1v) is 21.4. The van der Waals surface area contributed by atoms with Gasteiger partial charge < -0.3 is 92.6 Å². The molecule has 3 aromatic rings. The van der Waals surface area contributed by atoms with Crippen LogP contribution in [0.15, 0.2) is 51.2 Å². The van der Waals surface area contributed by atoms with Crippen LogP contribution in [0.2, 0.25) is 0 Å². The van der Waals surface area contributed by atoms with Gasteiger partial charge in [0.15, 0.2) is 24.3 Å². The molecule has 68 heavy (non-hydrogen) atoms. The molecular weight excluding hydrogens is 908 g/mol. The molecule has 8 N–H and O–H groups in total. The van der Waals surface area contributed by atoms with Crippen molar-refractivity contribution in [3.8, 4) is 34.3 Å². The van der Waals surface area contributed by atoms with Crippen LogP contribution in [0.3, 0.4) is 0 Å². The van der Waals surface area contributed by atoms with Crippen molar-refractivity contribution in [2.45, 2.75) is 140 Å². The summed E-state index contributed by atoms with van der Waals surface area (Å²) in [6.45, 7) is 6.78. The van der Waals surface area contributed by atoms with E-state index in [0.717, 1.165) is 32.4 Å². The van der Waals surface area contributed by atoms with E-state index in [-0.39, 0.29) is 34.6 Å². The summed E-state index contributed by atoms with van der Waals surface area (Å²) in [5.41, 5.74) is -0.180. The van der Waals surface area contributed by atoms with Crippen molar-refractivity contribution in [1.29, 1.82) is 0 Å². The molecule has 23 nitrogen and oxygen atoms in total. The summed E-state index contributed by atoms with van der Waals surface area (Å²) in [6.07, 6.45) is -23.9. The highest BCUT2D eigenvalue weighted by molar-refractivity contribution is 5.91. The second-order valence-electron chi connectivity index (χ2n) is 16.6. The summed E-state index contributed by atoms with van der Waals surface area (Å²) in [5.74, 6) is -4.04. The van der Waals surface area contributed by atoms with Crippen LogP contribution < -0.4 is 19.6 Å². The molecule has 0 radical (unpaired) electrons. The second kappa shape index (κ2) is 21.9. The van der Waals surface area contributed by atoms with E-state index in [1.54, 1.807) is 19.9 Å². The second-order valence-corrected chi connectivity index (χ2v) is 16.6. The lowest BCUT2D eigenvalue weighted by atomic mass is 9.96. The van der Waals surface area contributed by atoms with E-state index in [4.69, 9.17) is 51.8 Å². The van der Waals surface area contributed by atoms with Gasteiger partial charge in [0.25, 0.3) is 0 Å². The number of phenols is 1. The van der Waals surface area contributed by atoms with Crippen molar-refractivity contribution in [3.05, 3.63) is 57.8 Å². The fourth-order valence-electron chi connectivity index (χ4n) is 7.83. The monoisotopic (exact) mass is 964 g/mol. The average Bonchev–Trinajstić information content (AvgIpc) is 3.28. The number of rotatable bonds is 15. The summed E-state index contributed by atoms with van der Waals surface area (Å²) >= 11 is 0. The predicted molar refractivity (Wildman–Crippen MR) is 228 cm³/mol. The number of allylic oxidation sites excluding steroid dienone is 2. The zero-order valence-corrected chi connectivity index (χ0v) is 37.9. The Morgan fingerprint density at radius 3 is 1.94 bits per heavy atom. The van der Waals surface area contributed by atoms with Gasteiger partial charge >= 0.3 is 17.9 Å². The molecule has 23 heteroatoms. The first kappa shape index (κ1) is 51.9. The van der Waals surface area contributed by atoms with Crippen molar-refractivity contribution in [1.82, 2.24) is 0 Å². The van der Waals surface area contributed by atoms with E-state index in [0.29, 0.717) is 5.75 Å². The van der Waals surface area contributed by atoms with Gasteiger partial charge in [0.2, 0.25) is 23.8 Å². The number of hydrogen-bond acceptors (Lipinski definition) is 23. The minimum atomic E-state index is -2.05. The number of carbonyl (C=O) groups is 3. The molecule has 3 saturated heterocycles. The number of phenolic OH excluding ortho intramolecular Hbond substituents is 1. The molecule has 0 saturated carbocycles. The smallest absolute Gasteiger partial charge is 0.303 e. The normalized spacial score (nSPS) is 31.6. The van der Waals surface area contributed by atoms with Gasteiger partial charge in [-0.2, -0.15) is 0 Å². The quantitative estimate of drug-likeness (QED) is 0.0546. The van der Waals surface area contributed by atoms with Gasteiger partial charge in [-0.15, -0.1) is 0 Å². The Morgan fingerprint density at radius 2 is 1.34 bits per heavy atom. The van der Waals surface area contributed by atoms with Crippen molar-refractivity contribution >= 4 is 28.9 Å².